The molecule has 0 aromatic heterocycles. The number of hydrogen-bond acceptors (Lipinski definition) is 2. The number of amides is 1. The summed E-state index contributed by atoms with van der Waals surface area (Å²) in [6.45, 7) is 0. The van der Waals surface area contributed by atoms with E-state index in [-0.39, 0.29) is 11.7 Å². The number of carbonyl (C=O) groups is 2. The van der Waals surface area contributed by atoms with Gasteiger partial charge in [-0.15, -0.1) is 0 Å². The predicted molar refractivity (Wildman–Crippen MR) is 84.9 cm³/mol. The maximum atomic E-state index is 12.4. The van der Waals surface area contributed by atoms with Crippen LogP contribution in [0, 0.1) is 0 Å². The number of fused-ring (bicyclic) bond motifs is 1. The molecule has 0 saturated carbocycles. The number of benzene rings is 2. The third-order valence-corrected chi connectivity index (χ3v) is 4.06. The van der Waals surface area contributed by atoms with E-state index in [0.29, 0.717) is 23.3 Å². The molecule has 1 heterocycles. The zero-order valence-electron chi connectivity index (χ0n) is 11.8. The van der Waals surface area contributed by atoms with Crippen molar-refractivity contribution in [1.29, 1.82) is 0 Å². The Labute approximate surface area is 128 Å². The molecule has 0 radical (unpaired) electrons. The minimum atomic E-state index is -0.146. The molecule has 0 atom stereocenters. The standard InChI is InChI=1S/C19H13NO2/c21-17-11-13(12-6-2-1-3-7-12)10-16(17)18-14-8-4-5-9-15(14)19(22)20-18/h1-10H,11H2,(H,20,22)/b18-16+. The summed E-state index contributed by atoms with van der Waals surface area (Å²) in [4.78, 5) is 24.4. The van der Waals surface area contributed by atoms with E-state index in [1.165, 1.54) is 0 Å². The highest BCUT2D eigenvalue weighted by Gasteiger charge is 2.30. The Morgan fingerprint density at radius 3 is 2.27 bits per heavy atom. The number of rotatable bonds is 1. The van der Waals surface area contributed by atoms with Crippen molar-refractivity contribution >= 4 is 23.0 Å². The first-order valence-corrected chi connectivity index (χ1v) is 7.18. The van der Waals surface area contributed by atoms with Crippen molar-refractivity contribution < 1.29 is 9.59 Å². The number of ketones is 1. The zero-order chi connectivity index (χ0) is 15.1. The molecule has 1 aliphatic heterocycles. The lowest BCUT2D eigenvalue weighted by molar-refractivity contribution is -0.113. The Morgan fingerprint density at radius 2 is 1.50 bits per heavy atom. The molecule has 1 amide bonds. The van der Waals surface area contributed by atoms with Gasteiger partial charge >= 0.3 is 0 Å². The minimum absolute atomic E-state index is 0.0471. The van der Waals surface area contributed by atoms with Crippen LogP contribution in [0.3, 0.4) is 0 Å². The largest absolute Gasteiger partial charge is 0.321 e. The molecule has 0 unspecified atom stereocenters. The second-order valence-corrected chi connectivity index (χ2v) is 5.42. The summed E-state index contributed by atoms with van der Waals surface area (Å²) in [6.07, 6.45) is 2.27. The fourth-order valence-electron chi connectivity index (χ4n) is 2.98. The maximum absolute atomic E-state index is 12.4. The average molecular weight is 287 g/mol. The van der Waals surface area contributed by atoms with Gasteiger partial charge in [-0.2, -0.15) is 0 Å². The molecule has 3 nitrogen and oxygen atoms in total. The monoisotopic (exact) mass is 287 g/mol. The summed E-state index contributed by atoms with van der Waals surface area (Å²) in [5.74, 6) is -0.0988. The number of Topliss-reactive ketones (excluding diaryl/α,β-unsaturated/α-hetero) is 1. The van der Waals surface area contributed by atoms with Crippen molar-refractivity contribution in [2.45, 2.75) is 6.42 Å². The van der Waals surface area contributed by atoms with Crippen LogP contribution >= 0.6 is 0 Å². The van der Waals surface area contributed by atoms with Gasteiger partial charge in [0.15, 0.2) is 5.78 Å². The lowest BCUT2D eigenvalue weighted by atomic mass is 10.0. The lowest BCUT2D eigenvalue weighted by Crippen LogP contribution is -2.14. The van der Waals surface area contributed by atoms with Crippen LogP contribution in [0.2, 0.25) is 0 Å². The summed E-state index contributed by atoms with van der Waals surface area (Å²) in [5, 5.41) is 2.84. The SMILES string of the molecule is O=C1CC(c2ccccc2)=C/C1=C1\NC(=O)c2ccccc21. The van der Waals surface area contributed by atoms with Crippen LogP contribution in [0.5, 0.6) is 0 Å². The first-order valence-electron chi connectivity index (χ1n) is 7.18. The van der Waals surface area contributed by atoms with Crippen LogP contribution in [0.25, 0.3) is 11.3 Å². The van der Waals surface area contributed by atoms with Gasteiger partial charge in [-0.3, -0.25) is 9.59 Å². The van der Waals surface area contributed by atoms with E-state index in [9.17, 15) is 9.59 Å². The molecule has 0 saturated heterocycles. The minimum Gasteiger partial charge on any atom is -0.321 e. The van der Waals surface area contributed by atoms with Gasteiger partial charge in [-0.25, -0.2) is 0 Å². The summed E-state index contributed by atoms with van der Waals surface area (Å²) in [6, 6.07) is 17.2. The molecule has 0 bridgehead atoms. The summed E-state index contributed by atoms with van der Waals surface area (Å²) >= 11 is 0. The van der Waals surface area contributed by atoms with Crippen LogP contribution in [-0.4, -0.2) is 11.7 Å². The van der Waals surface area contributed by atoms with Gasteiger partial charge in [-0.1, -0.05) is 48.5 Å². The van der Waals surface area contributed by atoms with E-state index in [4.69, 9.17) is 0 Å². The highest BCUT2D eigenvalue weighted by atomic mass is 16.2. The molecular formula is C19H13NO2. The number of allylic oxidation sites excluding steroid dienone is 3. The second kappa shape index (κ2) is 4.81. The molecule has 2 aliphatic rings. The van der Waals surface area contributed by atoms with Crippen LogP contribution in [0.1, 0.15) is 27.9 Å². The Kier molecular flexibility index (Phi) is 2.79. The average Bonchev–Trinajstić information content (AvgIpc) is 3.09. The molecule has 0 spiro atoms. The van der Waals surface area contributed by atoms with E-state index >= 15 is 0 Å². The van der Waals surface area contributed by atoms with Crippen LogP contribution in [-0.2, 0) is 4.79 Å². The number of carbonyl (C=O) groups excluding carboxylic acids is 2. The maximum Gasteiger partial charge on any atom is 0.256 e. The molecule has 1 N–H and O–H groups in total. The lowest BCUT2D eigenvalue weighted by Gasteiger charge is -2.02. The molecule has 1 aliphatic carbocycles. The highest BCUT2D eigenvalue weighted by Crippen LogP contribution is 2.35. The molecule has 0 fully saturated rings. The van der Waals surface area contributed by atoms with Crippen molar-refractivity contribution in [3.63, 3.8) is 0 Å². The molecule has 22 heavy (non-hydrogen) atoms. The van der Waals surface area contributed by atoms with Crippen molar-refractivity contribution in [2.75, 3.05) is 0 Å². The van der Waals surface area contributed by atoms with Crippen LogP contribution in [0.15, 0.2) is 66.2 Å². The normalized spacial score (nSPS) is 19.9. The van der Waals surface area contributed by atoms with E-state index in [2.05, 4.69) is 5.32 Å². The van der Waals surface area contributed by atoms with Gasteiger partial charge in [0.1, 0.15) is 0 Å². The molecule has 106 valence electrons. The second-order valence-electron chi connectivity index (χ2n) is 5.42. The number of hydrogen-bond donors (Lipinski definition) is 1. The van der Waals surface area contributed by atoms with Crippen molar-refractivity contribution in [1.82, 2.24) is 5.32 Å². The summed E-state index contributed by atoms with van der Waals surface area (Å²) < 4.78 is 0. The first-order chi connectivity index (χ1) is 10.7. The van der Waals surface area contributed by atoms with Gasteiger partial charge < -0.3 is 5.32 Å². The Hall–Kier alpha value is -2.94. The fraction of sp³-hybridized carbons (Fsp3) is 0.0526. The summed E-state index contributed by atoms with van der Waals surface area (Å²) in [5.41, 5.74) is 4.70. The van der Waals surface area contributed by atoms with Crippen molar-refractivity contribution in [3.8, 4) is 0 Å². The van der Waals surface area contributed by atoms with Gasteiger partial charge in [0, 0.05) is 23.1 Å². The molecular weight excluding hydrogens is 274 g/mol. The van der Waals surface area contributed by atoms with Crippen molar-refractivity contribution in [3.05, 3.63) is 82.9 Å². The summed E-state index contributed by atoms with van der Waals surface area (Å²) in [7, 11) is 0. The van der Waals surface area contributed by atoms with E-state index < -0.39 is 0 Å². The van der Waals surface area contributed by atoms with E-state index in [1.54, 1.807) is 6.07 Å². The zero-order valence-corrected chi connectivity index (χ0v) is 11.8. The Balaban J connectivity index is 1.85. The predicted octanol–water partition coefficient (Wildman–Crippen LogP) is 3.20. The van der Waals surface area contributed by atoms with Crippen LogP contribution < -0.4 is 5.32 Å². The third kappa shape index (κ3) is 1.91. The number of nitrogens with one attached hydrogen (secondary N) is 1. The fourth-order valence-corrected chi connectivity index (χ4v) is 2.98. The van der Waals surface area contributed by atoms with Crippen molar-refractivity contribution in [2.24, 2.45) is 0 Å². The van der Waals surface area contributed by atoms with E-state index in [0.717, 1.165) is 16.7 Å². The van der Waals surface area contributed by atoms with Gasteiger partial charge in [0.2, 0.25) is 0 Å². The molecule has 4 rings (SSSR count). The molecule has 2 aromatic rings. The van der Waals surface area contributed by atoms with E-state index in [1.807, 2.05) is 54.6 Å². The van der Waals surface area contributed by atoms with Gasteiger partial charge in [0.05, 0.1) is 5.70 Å². The van der Waals surface area contributed by atoms with Gasteiger partial charge in [0.25, 0.3) is 5.91 Å². The Morgan fingerprint density at radius 1 is 0.818 bits per heavy atom. The highest BCUT2D eigenvalue weighted by molar-refractivity contribution is 6.20. The smallest absolute Gasteiger partial charge is 0.256 e. The topological polar surface area (TPSA) is 46.2 Å². The van der Waals surface area contributed by atoms with Crippen LogP contribution in [0.4, 0.5) is 0 Å². The Bertz CT molecular complexity index is 860. The van der Waals surface area contributed by atoms with Gasteiger partial charge in [-0.05, 0) is 23.3 Å². The quantitative estimate of drug-likeness (QED) is 0.819. The third-order valence-electron chi connectivity index (χ3n) is 4.06. The molecule has 2 aromatic carbocycles. The first kappa shape index (κ1) is 12.8. The molecule has 3 heteroatoms.